The molecule has 9 heteroatoms. The quantitative estimate of drug-likeness (QED) is 0.857. The summed E-state index contributed by atoms with van der Waals surface area (Å²) in [5.41, 5.74) is 6.23. The minimum absolute atomic E-state index is 0. The first-order valence-electron chi connectivity index (χ1n) is 7.13. The van der Waals surface area contributed by atoms with Crippen LogP contribution in [0.5, 0.6) is 0 Å². The van der Waals surface area contributed by atoms with Gasteiger partial charge in [-0.3, -0.25) is 4.79 Å². The summed E-state index contributed by atoms with van der Waals surface area (Å²) in [6.07, 6.45) is 4.01. The van der Waals surface area contributed by atoms with Gasteiger partial charge in [0.2, 0.25) is 0 Å². The van der Waals surface area contributed by atoms with E-state index >= 15 is 0 Å². The number of rotatable bonds is 4. The Labute approximate surface area is 151 Å². The molecule has 2 heterocycles. The molecule has 1 fully saturated rings. The zero-order valence-electron chi connectivity index (χ0n) is 12.7. The minimum atomic E-state index is -0.526. The first kappa shape index (κ1) is 20.4. The predicted octanol–water partition coefficient (Wildman–Crippen LogP) is 2.30. The Morgan fingerprint density at radius 3 is 2.79 bits per heavy atom. The van der Waals surface area contributed by atoms with Gasteiger partial charge in [0.1, 0.15) is 11.8 Å². The van der Waals surface area contributed by atoms with Crippen LogP contribution in [0.3, 0.4) is 0 Å². The molecule has 3 rings (SSSR count). The van der Waals surface area contributed by atoms with Gasteiger partial charge in [-0.1, -0.05) is 0 Å². The van der Waals surface area contributed by atoms with Crippen LogP contribution in [0.1, 0.15) is 12.8 Å². The van der Waals surface area contributed by atoms with Crippen LogP contribution in [0.2, 0.25) is 0 Å². The van der Waals surface area contributed by atoms with Crippen LogP contribution < -0.4 is 11.1 Å². The normalized spacial score (nSPS) is 19.2. The first-order valence-corrected chi connectivity index (χ1v) is 7.13. The van der Waals surface area contributed by atoms with E-state index in [-0.39, 0.29) is 36.8 Å². The number of carbonyl (C=O) groups is 1. The zero-order valence-corrected chi connectivity index (χ0v) is 14.4. The van der Waals surface area contributed by atoms with E-state index in [0.29, 0.717) is 24.3 Å². The first-order chi connectivity index (χ1) is 10.7. The molecule has 1 aliphatic rings. The van der Waals surface area contributed by atoms with Gasteiger partial charge in [-0.15, -0.1) is 24.8 Å². The van der Waals surface area contributed by atoms with Crippen molar-refractivity contribution in [3.63, 3.8) is 0 Å². The minimum Gasteiger partial charge on any atom is -0.364 e. The number of nitrogens with one attached hydrogen (secondary N) is 1. The van der Waals surface area contributed by atoms with Gasteiger partial charge in [0.15, 0.2) is 5.82 Å². The van der Waals surface area contributed by atoms with Gasteiger partial charge in [0, 0.05) is 24.6 Å². The summed E-state index contributed by atoms with van der Waals surface area (Å²) in [5.74, 6) is -0.740. The molecule has 1 aliphatic heterocycles. The van der Waals surface area contributed by atoms with E-state index in [4.69, 9.17) is 10.5 Å². The van der Waals surface area contributed by atoms with Crippen molar-refractivity contribution in [1.29, 1.82) is 0 Å². The third kappa shape index (κ3) is 4.45. The van der Waals surface area contributed by atoms with Crippen molar-refractivity contribution in [3.8, 4) is 5.69 Å². The molecule has 0 bridgehead atoms. The Balaban J connectivity index is 0.00000144. The standard InChI is InChI=1S/C15H17FN4O2.2ClH/c16-12-8-10(2-4-13(12)20-7-1-6-18-20)19-15(21)14-5-3-11(9-17)22-14;;/h1-2,4,6-8,11,14H,3,5,9,17H2,(H,19,21);2*1H/t11-,14+;;/m1../s1. The summed E-state index contributed by atoms with van der Waals surface area (Å²) in [5, 5.41) is 6.64. The number of nitrogens with two attached hydrogens (primary N) is 1. The molecule has 1 aromatic carbocycles. The van der Waals surface area contributed by atoms with Gasteiger partial charge in [0.05, 0.1) is 6.10 Å². The van der Waals surface area contributed by atoms with Crippen molar-refractivity contribution in [2.75, 3.05) is 11.9 Å². The fraction of sp³-hybridized carbons (Fsp3) is 0.333. The summed E-state index contributed by atoms with van der Waals surface area (Å²) in [7, 11) is 0. The maximum Gasteiger partial charge on any atom is 0.253 e. The van der Waals surface area contributed by atoms with E-state index in [9.17, 15) is 9.18 Å². The van der Waals surface area contributed by atoms with Crippen molar-refractivity contribution in [1.82, 2.24) is 9.78 Å². The largest absolute Gasteiger partial charge is 0.364 e. The molecular weight excluding hydrogens is 358 g/mol. The zero-order chi connectivity index (χ0) is 15.5. The lowest BCUT2D eigenvalue weighted by Crippen LogP contribution is -2.29. The lowest BCUT2D eigenvalue weighted by atomic mass is 10.2. The molecule has 0 saturated carbocycles. The smallest absolute Gasteiger partial charge is 0.253 e. The number of halogens is 3. The van der Waals surface area contributed by atoms with Crippen LogP contribution in [-0.4, -0.2) is 34.4 Å². The molecule has 0 aliphatic carbocycles. The molecule has 0 unspecified atom stereocenters. The molecule has 0 radical (unpaired) electrons. The summed E-state index contributed by atoms with van der Waals surface area (Å²) in [6.45, 7) is 0.400. The van der Waals surface area contributed by atoms with Crippen LogP contribution >= 0.6 is 24.8 Å². The molecule has 132 valence electrons. The maximum atomic E-state index is 14.1. The molecule has 2 atom stereocenters. The monoisotopic (exact) mass is 376 g/mol. The fourth-order valence-corrected chi connectivity index (χ4v) is 2.48. The molecular formula is C15H19Cl2FN4O2. The molecule has 24 heavy (non-hydrogen) atoms. The molecule has 1 amide bonds. The topological polar surface area (TPSA) is 82.2 Å². The third-order valence-corrected chi connectivity index (χ3v) is 3.63. The number of amides is 1. The second-order valence-corrected chi connectivity index (χ2v) is 5.17. The average molecular weight is 377 g/mol. The SMILES string of the molecule is Cl.Cl.NC[C@H]1CC[C@@H](C(=O)Nc2ccc(-n3cccn3)c(F)c2)O1. The van der Waals surface area contributed by atoms with Gasteiger partial charge in [-0.2, -0.15) is 5.10 Å². The summed E-state index contributed by atoms with van der Waals surface area (Å²) < 4.78 is 21.0. The van der Waals surface area contributed by atoms with Crippen LogP contribution in [0.4, 0.5) is 10.1 Å². The molecule has 6 nitrogen and oxygen atoms in total. The predicted molar refractivity (Wildman–Crippen MR) is 93.6 cm³/mol. The van der Waals surface area contributed by atoms with Crippen molar-refractivity contribution < 1.29 is 13.9 Å². The highest BCUT2D eigenvalue weighted by atomic mass is 35.5. The molecule has 2 aromatic rings. The van der Waals surface area contributed by atoms with E-state index in [2.05, 4.69) is 10.4 Å². The third-order valence-electron chi connectivity index (χ3n) is 3.63. The number of anilines is 1. The second kappa shape index (κ2) is 8.98. The average Bonchev–Trinajstić information content (AvgIpc) is 3.19. The number of hydrogen-bond acceptors (Lipinski definition) is 4. The van der Waals surface area contributed by atoms with Crippen molar-refractivity contribution >= 4 is 36.4 Å². The molecule has 1 aromatic heterocycles. The Morgan fingerprint density at radius 2 is 2.21 bits per heavy atom. The van der Waals surface area contributed by atoms with Gasteiger partial charge in [0.25, 0.3) is 5.91 Å². The van der Waals surface area contributed by atoms with Gasteiger partial charge in [-0.25, -0.2) is 9.07 Å². The van der Waals surface area contributed by atoms with E-state index in [1.54, 1.807) is 30.6 Å². The molecule has 0 spiro atoms. The van der Waals surface area contributed by atoms with Crippen LogP contribution in [-0.2, 0) is 9.53 Å². The van der Waals surface area contributed by atoms with E-state index < -0.39 is 11.9 Å². The Kier molecular flexibility index (Phi) is 7.62. The highest BCUT2D eigenvalue weighted by Crippen LogP contribution is 2.22. The van der Waals surface area contributed by atoms with E-state index in [1.807, 2.05) is 0 Å². The van der Waals surface area contributed by atoms with Gasteiger partial charge < -0.3 is 15.8 Å². The Bertz CT molecular complexity index is 669. The van der Waals surface area contributed by atoms with E-state index in [1.165, 1.54) is 10.7 Å². The highest BCUT2D eigenvalue weighted by Gasteiger charge is 2.29. The second-order valence-electron chi connectivity index (χ2n) is 5.17. The lowest BCUT2D eigenvalue weighted by Gasteiger charge is -2.13. The summed E-state index contributed by atoms with van der Waals surface area (Å²) in [4.78, 5) is 12.1. The number of aromatic nitrogens is 2. The number of carbonyl (C=O) groups excluding carboxylic acids is 1. The fourth-order valence-electron chi connectivity index (χ4n) is 2.48. The van der Waals surface area contributed by atoms with Crippen LogP contribution in [0, 0.1) is 5.82 Å². The summed E-state index contributed by atoms with van der Waals surface area (Å²) in [6, 6.07) is 6.17. The Morgan fingerprint density at radius 1 is 1.42 bits per heavy atom. The van der Waals surface area contributed by atoms with Crippen molar-refractivity contribution in [3.05, 3.63) is 42.5 Å². The lowest BCUT2D eigenvalue weighted by molar-refractivity contribution is -0.126. The molecule has 3 N–H and O–H groups in total. The van der Waals surface area contributed by atoms with Crippen LogP contribution in [0.15, 0.2) is 36.7 Å². The number of ether oxygens (including phenoxy) is 1. The van der Waals surface area contributed by atoms with Crippen molar-refractivity contribution in [2.24, 2.45) is 5.73 Å². The maximum absolute atomic E-state index is 14.1. The number of hydrogen-bond donors (Lipinski definition) is 2. The van der Waals surface area contributed by atoms with Crippen LogP contribution in [0.25, 0.3) is 5.69 Å². The van der Waals surface area contributed by atoms with Crippen molar-refractivity contribution in [2.45, 2.75) is 25.0 Å². The van der Waals surface area contributed by atoms with Gasteiger partial charge >= 0.3 is 0 Å². The van der Waals surface area contributed by atoms with Gasteiger partial charge in [-0.05, 0) is 37.1 Å². The highest BCUT2D eigenvalue weighted by molar-refractivity contribution is 5.94. The molecule has 1 saturated heterocycles. The number of benzene rings is 1. The number of nitrogens with zero attached hydrogens (tertiary/aromatic N) is 2. The Hall–Kier alpha value is -1.67. The van der Waals surface area contributed by atoms with E-state index in [0.717, 1.165) is 6.42 Å². The summed E-state index contributed by atoms with van der Waals surface area (Å²) >= 11 is 0.